The number of nitrogens with zero attached hydrogens (tertiary/aromatic N) is 1. The Balaban J connectivity index is 1.92. The fourth-order valence-corrected chi connectivity index (χ4v) is 3.46. The van der Waals surface area contributed by atoms with Gasteiger partial charge in [-0.15, -0.1) is 0 Å². The van der Waals surface area contributed by atoms with Crippen molar-refractivity contribution in [3.05, 3.63) is 45.4 Å². The monoisotopic (exact) mass is 247 g/mol. The summed E-state index contributed by atoms with van der Waals surface area (Å²) in [7, 11) is 0. The maximum absolute atomic E-state index is 9.94. The van der Waals surface area contributed by atoms with Gasteiger partial charge < -0.3 is 9.67 Å². The number of aliphatic hydroxyl groups excluding tert-OH is 1. The molecule has 0 aromatic carbocycles. The molecule has 0 saturated heterocycles. The number of aromatic nitrogens is 1. The molecule has 1 aliphatic rings. The number of fused-ring (bicyclic) bond motifs is 1. The van der Waals surface area contributed by atoms with Crippen LogP contribution in [0.15, 0.2) is 23.0 Å². The first-order valence-electron chi connectivity index (χ1n) is 6.13. The summed E-state index contributed by atoms with van der Waals surface area (Å²) in [4.78, 5) is 0. The lowest BCUT2D eigenvalue weighted by molar-refractivity contribution is 0.156. The molecule has 2 nitrogen and oxygen atoms in total. The average molecular weight is 247 g/mol. The van der Waals surface area contributed by atoms with Crippen LogP contribution in [0.2, 0.25) is 0 Å². The second kappa shape index (κ2) is 4.31. The number of aliphatic hydroxyl groups is 1. The Labute approximate surface area is 106 Å². The quantitative estimate of drug-likeness (QED) is 0.865. The molecule has 0 amide bonds. The molecule has 0 bridgehead atoms. The van der Waals surface area contributed by atoms with E-state index in [1.807, 2.05) is 0 Å². The van der Waals surface area contributed by atoms with Crippen molar-refractivity contribution in [1.29, 1.82) is 0 Å². The Kier molecular flexibility index (Phi) is 2.81. The molecule has 1 aliphatic carbocycles. The molecule has 2 aromatic rings. The minimum Gasteiger partial charge on any atom is -0.388 e. The summed E-state index contributed by atoms with van der Waals surface area (Å²) in [5.74, 6) is 0. The third-order valence-electron chi connectivity index (χ3n) is 3.67. The van der Waals surface area contributed by atoms with Crippen molar-refractivity contribution < 1.29 is 5.11 Å². The van der Waals surface area contributed by atoms with Crippen molar-refractivity contribution in [2.45, 2.75) is 38.8 Å². The minimum absolute atomic E-state index is 0.247. The van der Waals surface area contributed by atoms with Gasteiger partial charge in [0, 0.05) is 24.0 Å². The SMILES string of the molecule is Cc1cscc1Cn1ccc2c1CCCC2O. The Morgan fingerprint density at radius 1 is 1.47 bits per heavy atom. The molecule has 0 fully saturated rings. The number of hydrogen-bond donors (Lipinski definition) is 1. The van der Waals surface area contributed by atoms with Gasteiger partial charge in [0.2, 0.25) is 0 Å². The Hall–Kier alpha value is -1.06. The van der Waals surface area contributed by atoms with Crippen LogP contribution in [-0.2, 0) is 13.0 Å². The molecule has 3 heteroatoms. The second-order valence-corrected chi connectivity index (χ2v) is 5.58. The molecular formula is C14H17NOS. The van der Waals surface area contributed by atoms with Crippen LogP contribution in [0.25, 0.3) is 0 Å². The van der Waals surface area contributed by atoms with Gasteiger partial charge in [0.05, 0.1) is 6.10 Å². The van der Waals surface area contributed by atoms with Crippen LogP contribution in [-0.4, -0.2) is 9.67 Å². The van der Waals surface area contributed by atoms with Crippen molar-refractivity contribution in [1.82, 2.24) is 4.57 Å². The van der Waals surface area contributed by atoms with E-state index in [-0.39, 0.29) is 6.10 Å². The lowest BCUT2D eigenvalue weighted by Gasteiger charge is -2.20. The molecule has 0 spiro atoms. The van der Waals surface area contributed by atoms with Crippen molar-refractivity contribution in [2.24, 2.45) is 0 Å². The van der Waals surface area contributed by atoms with E-state index < -0.39 is 0 Å². The summed E-state index contributed by atoms with van der Waals surface area (Å²) < 4.78 is 2.30. The van der Waals surface area contributed by atoms with Gasteiger partial charge in [-0.2, -0.15) is 11.3 Å². The van der Waals surface area contributed by atoms with Crippen LogP contribution < -0.4 is 0 Å². The van der Waals surface area contributed by atoms with Gasteiger partial charge in [0.25, 0.3) is 0 Å². The average Bonchev–Trinajstić information content (AvgIpc) is 2.89. The summed E-state index contributed by atoms with van der Waals surface area (Å²) in [5.41, 5.74) is 5.24. The van der Waals surface area contributed by atoms with E-state index in [4.69, 9.17) is 0 Å². The first-order chi connectivity index (χ1) is 8.25. The largest absolute Gasteiger partial charge is 0.388 e. The molecule has 0 radical (unpaired) electrons. The van der Waals surface area contributed by atoms with Crippen LogP contribution >= 0.6 is 11.3 Å². The Morgan fingerprint density at radius 3 is 3.12 bits per heavy atom. The predicted molar refractivity (Wildman–Crippen MR) is 70.5 cm³/mol. The van der Waals surface area contributed by atoms with Gasteiger partial charge in [-0.3, -0.25) is 0 Å². The fourth-order valence-electron chi connectivity index (χ4n) is 2.61. The molecule has 90 valence electrons. The molecule has 1 N–H and O–H groups in total. The lowest BCUT2D eigenvalue weighted by atomic mass is 9.95. The summed E-state index contributed by atoms with van der Waals surface area (Å²) in [6.07, 6.45) is 4.98. The topological polar surface area (TPSA) is 25.2 Å². The van der Waals surface area contributed by atoms with E-state index in [2.05, 4.69) is 34.5 Å². The maximum atomic E-state index is 9.94. The van der Waals surface area contributed by atoms with Gasteiger partial charge in [-0.1, -0.05) is 0 Å². The summed E-state index contributed by atoms with van der Waals surface area (Å²) in [6.45, 7) is 3.11. The molecule has 0 saturated carbocycles. The van der Waals surface area contributed by atoms with Crippen LogP contribution in [0, 0.1) is 6.92 Å². The molecular weight excluding hydrogens is 230 g/mol. The Morgan fingerprint density at radius 2 is 2.35 bits per heavy atom. The number of rotatable bonds is 2. The molecule has 3 rings (SSSR count). The molecule has 1 atom stereocenters. The van der Waals surface area contributed by atoms with Gasteiger partial charge >= 0.3 is 0 Å². The number of hydrogen-bond acceptors (Lipinski definition) is 2. The predicted octanol–water partition coefficient (Wildman–Crippen LogP) is 3.28. The van der Waals surface area contributed by atoms with E-state index in [1.165, 1.54) is 16.8 Å². The molecule has 17 heavy (non-hydrogen) atoms. The summed E-state index contributed by atoms with van der Waals surface area (Å²) >= 11 is 1.76. The van der Waals surface area contributed by atoms with Crippen molar-refractivity contribution in [3.63, 3.8) is 0 Å². The first kappa shape index (κ1) is 11.1. The van der Waals surface area contributed by atoms with E-state index in [1.54, 1.807) is 11.3 Å². The lowest BCUT2D eigenvalue weighted by Crippen LogP contribution is -2.12. The highest BCUT2D eigenvalue weighted by atomic mass is 32.1. The smallest absolute Gasteiger partial charge is 0.0807 e. The van der Waals surface area contributed by atoms with Crippen LogP contribution in [0.1, 0.15) is 41.3 Å². The second-order valence-electron chi connectivity index (χ2n) is 4.83. The zero-order valence-electron chi connectivity index (χ0n) is 10.0. The standard InChI is InChI=1S/C14H17NOS/c1-10-8-17-9-11(10)7-15-6-5-12-13(15)3-2-4-14(12)16/h5-6,8-9,14,16H,2-4,7H2,1H3. The molecule has 2 heterocycles. The molecule has 2 aromatic heterocycles. The molecule has 1 unspecified atom stereocenters. The van der Waals surface area contributed by atoms with Crippen LogP contribution in [0.3, 0.4) is 0 Å². The number of thiophene rings is 1. The van der Waals surface area contributed by atoms with E-state index >= 15 is 0 Å². The highest BCUT2D eigenvalue weighted by Gasteiger charge is 2.21. The number of aryl methyl sites for hydroxylation is 1. The van der Waals surface area contributed by atoms with Gasteiger partial charge in [-0.05, 0) is 54.1 Å². The zero-order valence-corrected chi connectivity index (χ0v) is 10.8. The van der Waals surface area contributed by atoms with Gasteiger partial charge in [-0.25, -0.2) is 0 Å². The maximum Gasteiger partial charge on any atom is 0.0807 e. The van der Waals surface area contributed by atoms with Crippen LogP contribution in [0.5, 0.6) is 0 Å². The minimum atomic E-state index is -0.247. The third-order valence-corrected chi connectivity index (χ3v) is 4.58. The molecule has 0 aliphatic heterocycles. The Bertz CT molecular complexity index is 526. The highest BCUT2D eigenvalue weighted by Crippen LogP contribution is 2.31. The summed E-state index contributed by atoms with van der Waals surface area (Å²) in [6, 6.07) is 2.08. The summed E-state index contributed by atoms with van der Waals surface area (Å²) in [5, 5.41) is 14.4. The normalized spacial score (nSPS) is 19.3. The highest BCUT2D eigenvalue weighted by molar-refractivity contribution is 7.08. The fraction of sp³-hybridized carbons (Fsp3) is 0.429. The van der Waals surface area contributed by atoms with Gasteiger partial charge in [0.1, 0.15) is 0 Å². The third kappa shape index (κ3) is 1.94. The van der Waals surface area contributed by atoms with Crippen LogP contribution in [0.4, 0.5) is 0 Å². The zero-order chi connectivity index (χ0) is 11.8. The van der Waals surface area contributed by atoms with Gasteiger partial charge in [0.15, 0.2) is 0 Å². The first-order valence-corrected chi connectivity index (χ1v) is 7.07. The van der Waals surface area contributed by atoms with E-state index in [9.17, 15) is 5.11 Å². The van der Waals surface area contributed by atoms with E-state index in [0.717, 1.165) is 31.4 Å². The van der Waals surface area contributed by atoms with Crippen molar-refractivity contribution in [3.8, 4) is 0 Å². The van der Waals surface area contributed by atoms with Crippen molar-refractivity contribution in [2.75, 3.05) is 0 Å². The van der Waals surface area contributed by atoms with E-state index in [0.29, 0.717) is 0 Å². The van der Waals surface area contributed by atoms with Crippen molar-refractivity contribution >= 4 is 11.3 Å².